The highest BCUT2D eigenvalue weighted by Crippen LogP contribution is 2.60. The lowest BCUT2D eigenvalue weighted by atomic mass is 9.93. The van der Waals surface area contributed by atoms with Crippen LogP contribution in [0.2, 0.25) is 0 Å². The standard InChI is InChI=1S/C25H21F13O5S/c1-2-3-13-42-16-6-8-17(9-7-16)43-19(39)15-4-10-18(11-5-15)44(40,41)14-12-20(26,27)21(28,29)22(30,31)23(32,33)24(34,35)25(36,37)38/h4-11H,2-3,12-14H2,1H3. The zero-order chi connectivity index (χ0) is 34.0. The lowest BCUT2D eigenvalue weighted by Crippen LogP contribution is -2.70. The Morgan fingerprint density at radius 2 is 1.16 bits per heavy atom. The molecule has 0 amide bonds. The first-order chi connectivity index (χ1) is 19.9. The molecule has 19 heteroatoms. The van der Waals surface area contributed by atoms with E-state index >= 15 is 0 Å². The van der Waals surface area contributed by atoms with Crippen LogP contribution in [0.4, 0.5) is 57.1 Å². The number of rotatable bonds is 14. The van der Waals surface area contributed by atoms with Crippen LogP contribution in [-0.2, 0) is 9.84 Å². The van der Waals surface area contributed by atoms with Crippen molar-refractivity contribution in [3.05, 3.63) is 54.1 Å². The highest BCUT2D eigenvalue weighted by molar-refractivity contribution is 7.91. The molecular weight excluding hydrogens is 659 g/mol. The van der Waals surface area contributed by atoms with E-state index in [9.17, 15) is 70.3 Å². The predicted molar refractivity (Wildman–Crippen MR) is 126 cm³/mol. The molecular formula is C25H21F13O5S. The molecule has 0 aliphatic carbocycles. The van der Waals surface area contributed by atoms with Gasteiger partial charge < -0.3 is 9.47 Å². The van der Waals surface area contributed by atoms with Crippen molar-refractivity contribution in [3.8, 4) is 11.5 Å². The molecule has 0 saturated carbocycles. The highest BCUT2D eigenvalue weighted by atomic mass is 32.2. The van der Waals surface area contributed by atoms with Crippen molar-refractivity contribution in [2.45, 2.75) is 66.9 Å². The van der Waals surface area contributed by atoms with Gasteiger partial charge in [0.1, 0.15) is 11.5 Å². The van der Waals surface area contributed by atoms with Crippen molar-refractivity contribution in [2.24, 2.45) is 0 Å². The van der Waals surface area contributed by atoms with Gasteiger partial charge >= 0.3 is 41.8 Å². The van der Waals surface area contributed by atoms with Crippen LogP contribution in [0.15, 0.2) is 53.4 Å². The molecule has 2 rings (SSSR count). The Balaban J connectivity index is 2.16. The summed E-state index contributed by atoms with van der Waals surface area (Å²) < 4.78 is 207. The summed E-state index contributed by atoms with van der Waals surface area (Å²) in [5.74, 6) is -40.9. The van der Waals surface area contributed by atoms with Gasteiger partial charge in [0.05, 0.1) is 22.8 Å². The second-order valence-corrected chi connectivity index (χ2v) is 11.3. The van der Waals surface area contributed by atoms with E-state index in [0.717, 1.165) is 25.0 Å². The summed E-state index contributed by atoms with van der Waals surface area (Å²) in [6, 6.07) is 8.39. The van der Waals surface area contributed by atoms with Crippen LogP contribution in [0.5, 0.6) is 11.5 Å². The third-order valence-corrected chi connectivity index (χ3v) is 7.67. The number of hydrogen-bond acceptors (Lipinski definition) is 5. The number of carbonyl (C=O) groups excluding carboxylic acids is 1. The summed E-state index contributed by atoms with van der Waals surface area (Å²) in [5, 5.41) is 0. The predicted octanol–water partition coefficient (Wildman–Crippen LogP) is 7.99. The van der Waals surface area contributed by atoms with Gasteiger partial charge in [0.25, 0.3) is 0 Å². The van der Waals surface area contributed by atoms with Crippen molar-refractivity contribution < 1.29 is 79.8 Å². The van der Waals surface area contributed by atoms with Gasteiger partial charge in [-0.25, -0.2) is 13.2 Å². The number of ether oxygens (including phenoxy) is 2. The van der Waals surface area contributed by atoms with Crippen LogP contribution in [0.1, 0.15) is 36.5 Å². The Bertz CT molecular complexity index is 1390. The molecule has 0 spiro atoms. The van der Waals surface area contributed by atoms with E-state index in [1.807, 2.05) is 6.92 Å². The van der Waals surface area contributed by atoms with Gasteiger partial charge in [0.15, 0.2) is 9.84 Å². The topological polar surface area (TPSA) is 69.7 Å². The van der Waals surface area contributed by atoms with Gasteiger partial charge in [-0.1, -0.05) is 13.3 Å². The maximum Gasteiger partial charge on any atom is 0.460 e. The lowest BCUT2D eigenvalue weighted by molar-refractivity contribution is -0.439. The van der Waals surface area contributed by atoms with Crippen molar-refractivity contribution in [1.29, 1.82) is 0 Å². The average Bonchev–Trinajstić information content (AvgIpc) is 2.92. The minimum absolute atomic E-state index is 0.0214. The van der Waals surface area contributed by atoms with E-state index < -0.39 is 68.7 Å². The van der Waals surface area contributed by atoms with Gasteiger partial charge in [-0.2, -0.15) is 57.1 Å². The molecule has 2 aromatic rings. The molecule has 0 N–H and O–H groups in total. The fourth-order valence-corrected chi connectivity index (χ4v) is 4.55. The minimum Gasteiger partial charge on any atom is -0.494 e. The number of halogens is 13. The molecule has 248 valence electrons. The van der Waals surface area contributed by atoms with E-state index in [0.29, 0.717) is 24.5 Å². The largest absolute Gasteiger partial charge is 0.494 e. The molecule has 0 heterocycles. The van der Waals surface area contributed by atoms with Crippen LogP contribution < -0.4 is 9.47 Å². The molecule has 0 atom stereocenters. The summed E-state index contributed by atoms with van der Waals surface area (Å²) in [4.78, 5) is 11.3. The Morgan fingerprint density at radius 1 is 0.682 bits per heavy atom. The van der Waals surface area contributed by atoms with E-state index in [1.165, 1.54) is 24.3 Å². The highest BCUT2D eigenvalue weighted by Gasteiger charge is 2.90. The molecule has 0 unspecified atom stereocenters. The van der Waals surface area contributed by atoms with Crippen molar-refractivity contribution in [3.63, 3.8) is 0 Å². The van der Waals surface area contributed by atoms with Crippen LogP contribution in [-0.4, -0.2) is 62.5 Å². The minimum atomic E-state index is -8.08. The summed E-state index contributed by atoms with van der Waals surface area (Å²) in [5.41, 5.74) is -0.323. The van der Waals surface area contributed by atoms with Gasteiger partial charge in [-0.3, -0.25) is 0 Å². The van der Waals surface area contributed by atoms with Crippen molar-refractivity contribution in [1.82, 2.24) is 0 Å². The molecule has 0 aromatic heterocycles. The van der Waals surface area contributed by atoms with Gasteiger partial charge in [-0.15, -0.1) is 0 Å². The number of alkyl halides is 13. The van der Waals surface area contributed by atoms with Gasteiger partial charge in [-0.05, 0) is 55.0 Å². The first-order valence-electron chi connectivity index (χ1n) is 12.1. The molecule has 0 radical (unpaired) electrons. The van der Waals surface area contributed by atoms with Crippen molar-refractivity contribution in [2.75, 3.05) is 12.4 Å². The van der Waals surface area contributed by atoms with Crippen LogP contribution >= 0.6 is 0 Å². The third kappa shape index (κ3) is 7.17. The second-order valence-electron chi connectivity index (χ2n) is 9.16. The maximum atomic E-state index is 14.0. The lowest BCUT2D eigenvalue weighted by Gasteiger charge is -2.39. The second kappa shape index (κ2) is 12.6. The Labute approximate surface area is 240 Å². The molecule has 0 aliphatic rings. The zero-order valence-corrected chi connectivity index (χ0v) is 22.8. The number of benzene rings is 2. The summed E-state index contributed by atoms with van der Waals surface area (Å²) in [6.07, 6.45) is -8.79. The number of sulfone groups is 1. The first-order valence-corrected chi connectivity index (χ1v) is 13.7. The number of esters is 1. The summed E-state index contributed by atoms with van der Waals surface area (Å²) in [7, 11) is -5.14. The van der Waals surface area contributed by atoms with E-state index in [1.54, 1.807) is 0 Å². The van der Waals surface area contributed by atoms with Gasteiger partial charge in [0.2, 0.25) is 0 Å². The fraction of sp³-hybridized carbons (Fsp3) is 0.480. The molecule has 0 bridgehead atoms. The normalized spacial score (nSPS) is 14.0. The van der Waals surface area contributed by atoms with E-state index in [4.69, 9.17) is 9.47 Å². The molecule has 0 aliphatic heterocycles. The zero-order valence-electron chi connectivity index (χ0n) is 22.0. The van der Waals surface area contributed by atoms with Crippen LogP contribution in [0.3, 0.4) is 0 Å². The Morgan fingerprint density at radius 3 is 1.64 bits per heavy atom. The summed E-state index contributed by atoms with van der Waals surface area (Å²) in [6.45, 7) is 2.39. The first kappa shape index (κ1) is 36.9. The smallest absolute Gasteiger partial charge is 0.460 e. The Kier molecular flexibility index (Phi) is 10.6. The molecule has 0 saturated heterocycles. The molecule has 2 aromatic carbocycles. The van der Waals surface area contributed by atoms with Crippen LogP contribution in [0.25, 0.3) is 0 Å². The molecule has 0 fully saturated rings. The van der Waals surface area contributed by atoms with E-state index in [-0.39, 0.29) is 11.3 Å². The Hall–Kier alpha value is -3.25. The number of carbonyl (C=O) groups is 1. The number of hydrogen-bond donors (Lipinski definition) is 0. The average molecular weight is 680 g/mol. The van der Waals surface area contributed by atoms with E-state index in [2.05, 4.69) is 0 Å². The SMILES string of the molecule is CCCCOc1ccc(OC(=O)c2ccc(S(=O)(=O)CCC(F)(F)C(F)(F)C(F)(F)C(F)(F)C(F)(F)C(F)(F)F)cc2)cc1. The number of unbranched alkanes of at least 4 members (excludes halogenated alkanes) is 1. The maximum absolute atomic E-state index is 14.0. The van der Waals surface area contributed by atoms with Crippen LogP contribution in [0, 0.1) is 0 Å². The fourth-order valence-electron chi connectivity index (χ4n) is 3.24. The molecule has 5 nitrogen and oxygen atoms in total. The van der Waals surface area contributed by atoms with Gasteiger partial charge in [0, 0.05) is 6.42 Å². The third-order valence-electron chi connectivity index (χ3n) is 5.93. The quantitative estimate of drug-likeness (QED) is 0.0876. The summed E-state index contributed by atoms with van der Waals surface area (Å²) >= 11 is 0. The van der Waals surface area contributed by atoms with Crippen molar-refractivity contribution >= 4 is 15.8 Å². The monoisotopic (exact) mass is 680 g/mol. The molecule has 44 heavy (non-hydrogen) atoms.